The Morgan fingerprint density at radius 3 is 2.74 bits per heavy atom. The van der Waals surface area contributed by atoms with Crippen molar-refractivity contribution >= 4 is 11.6 Å². The van der Waals surface area contributed by atoms with E-state index in [9.17, 15) is 0 Å². The average molecular weight is 284 g/mol. The van der Waals surface area contributed by atoms with E-state index in [1.807, 2.05) is 12.1 Å². The molecule has 1 heterocycles. The van der Waals surface area contributed by atoms with Crippen molar-refractivity contribution in [2.45, 2.75) is 38.3 Å². The predicted octanol–water partition coefficient (Wildman–Crippen LogP) is 3.18. The monoisotopic (exact) mass is 283 g/mol. The maximum Gasteiger partial charge on any atom is 0.137 e. The summed E-state index contributed by atoms with van der Waals surface area (Å²) >= 11 is 6.23. The Labute approximate surface area is 120 Å². The maximum absolute atomic E-state index is 6.23. The Bertz CT molecular complexity index is 417. The van der Waals surface area contributed by atoms with Crippen molar-refractivity contribution in [2.24, 2.45) is 0 Å². The number of halogens is 1. The Kier molecular flexibility index (Phi) is 5.49. The lowest BCUT2D eigenvalue weighted by Crippen LogP contribution is -2.35. The van der Waals surface area contributed by atoms with E-state index in [0.29, 0.717) is 23.4 Å². The van der Waals surface area contributed by atoms with Gasteiger partial charge in [0.05, 0.1) is 18.7 Å². The first-order chi connectivity index (χ1) is 9.24. The van der Waals surface area contributed by atoms with Gasteiger partial charge < -0.3 is 14.8 Å². The summed E-state index contributed by atoms with van der Waals surface area (Å²) in [7, 11) is 3.35. The number of ether oxygens (including phenoxy) is 2. The molecule has 4 heteroatoms. The molecule has 3 nitrogen and oxygen atoms in total. The third-order valence-corrected chi connectivity index (χ3v) is 3.95. The third kappa shape index (κ3) is 3.85. The summed E-state index contributed by atoms with van der Waals surface area (Å²) < 4.78 is 10.6. The molecule has 0 radical (unpaired) electrons. The zero-order valence-electron chi connectivity index (χ0n) is 11.7. The van der Waals surface area contributed by atoms with Crippen LogP contribution in [-0.2, 0) is 17.8 Å². The van der Waals surface area contributed by atoms with Gasteiger partial charge >= 0.3 is 0 Å². The number of rotatable bonds is 5. The molecule has 1 aromatic rings. The molecular weight excluding hydrogens is 262 g/mol. The van der Waals surface area contributed by atoms with Crippen molar-refractivity contribution in [3.05, 3.63) is 28.3 Å². The number of piperidine rings is 1. The predicted molar refractivity (Wildman–Crippen MR) is 78.1 cm³/mol. The van der Waals surface area contributed by atoms with Crippen molar-refractivity contribution in [3.63, 3.8) is 0 Å². The van der Waals surface area contributed by atoms with Crippen LogP contribution in [0.15, 0.2) is 12.1 Å². The largest absolute Gasteiger partial charge is 0.495 e. The van der Waals surface area contributed by atoms with Crippen LogP contribution in [0.4, 0.5) is 0 Å². The summed E-state index contributed by atoms with van der Waals surface area (Å²) in [4.78, 5) is 0. The van der Waals surface area contributed by atoms with E-state index in [-0.39, 0.29) is 0 Å². The minimum Gasteiger partial charge on any atom is -0.495 e. The molecule has 1 unspecified atom stereocenters. The molecule has 1 atom stereocenters. The van der Waals surface area contributed by atoms with Gasteiger partial charge in [-0.3, -0.25) is 0 Å². The van der Waals surface area contributed by atoms with E-state index in [1.54, 1.807) is 14.2 Å². The molecule has 0 spiro atoms. The van der Waals surface area contributed by atoms with Crippen molar-refractivity contribution in [3.8, 4) is 5.75 Å². The van der Waals surface area contributed by atoms with E-state index in [0.717, 1.165) is 18.5 Å². The standard InChI is InChI=1S/C15H22ClNO2/c1-18-10-12-9-15(19-2)14(16)8-11(12)7-13-5-3-4-6-17-13/h8-9,13,17H,3-7,10H2,1-2H3. The van der Waals surface area contributed by atoms with Crippen LogP contribution in [0.1, 0.15) is 30.4 Å². The Morgan fingerprint density at radius 1 is 1.26 bits per heavy atom. The highest BCUT2D eigenvalue weighted by Gasteiger charge is 2.16. The Morgan fingerprint density at radius 2 is 2.11 bits per heavy atom. The average Bonchev–Trinajstić information content (AvgIpc) is 2.43. The second-order valence-electron chi connectivity index (χ2n) is 5.04. The normalized spacial score (nSPS) is 19.4. The lowest BCUT2D eigenvalue weighted by Gasteiger charge is -2.24. The van der Waals surface area contributed by atoms with Crippen LogP contribution in [0, 0.1) is 0 Å². The zero-order valence-corrected chi connectivity index (χ0v) is 12.4. The van der Waals surface area contributed by atoms with Crippen LogP contribution >= 0.6 is 11.6 Å². The van der Waals surface area contributed by atoms with Crippen molar-refractivity contribution in [1.29, 1.82) is 0 Å². The third-order valence-electron chi connectivity index (χ3n) is 3.65. The molecule has 1 aliphatic heterocycles. The molecule has 19 heavy (non-hydrogen) atoms. The molecule has 1 aliphatic rings. The summed E-state index contributed by atoms with van der Waals surface area (Å²) in [6, 6.07) is 4.56. The molecule has 0 bridgehead atoms. The minimum absolute atomic E-state index is 0.550. The van der Waals surface area contributed by atoms with Crippen molar-refractivity contribution in [2.75, 3.05) is 20.8 Å². The van der Waals surface area contributed by atoms with Gasteiger partial charge in [0.2, 0.25) is 0 Å². The number of hydrogen-bond donors (Lipinski definition) is 1. The molecule has 1 aromatic carbocycles. The fraction of sp³-hybridized carbons (Fsp3) is 0.600. The van der Waals surface area contributed by atoms with Crippen molar-refractivity contribution in [1.82, 2.24) is 5.32 Å². The number of benzene rings is 1. The highest BCUT2D eigenvalue weighted by atomic mass is 35.5. The van der Waals surface area contributed by atoms with Crippen LogP contribution in [0.3, 0.4) is 0 Å². The topological polar surface area (TPSA) is 30.5 Å². The fourth-order valence-electron chi connectivity index (χ4n) is 2.64. The van der Waals surface area contributed by atoms with E-state index >= 15 is 0 Å². The minimum atomic E-state index is 0.550. The lowest BCUT2D eigenvalue weighted by atomic mass is 9.95. The number of nitrogens with one attached hydrogen (secondary N) is 1. The molecule has 1 fully saturated rings. The van der Waals surface area contributed by atoms with Crippen molar-refractivity contribution < 1.29 is 9.47 Å². The van der Waals surface area contributed by atoms with Gasteiger partial charge in [-0.1, -0.05) is 18.0 Å². The molecule has 0 saturated carbocycles. The molecule has 0 aromatic heterocycles. The molecular formula is C15H22ClNO2. The first kappa shape index (κ1) is 14.6. The van der Waals surface area contributed by atoms with E-state index in [2.05, 4.69) is 5.32 Å². The van der Waals surface area contributed by atoms with Crippen LogP contribution in [0.5, 0.6) is 5.75 Å². The summed E-state index contributed by atoms with van der Waals surface area (Å²) in [6.45, 7) is 1.71. The van der Waals surface area contributed by atoms with Crippen LogP contribution in [0.25, 0.3) is 0 Å². The van der Waals surface area contributed by atoms with Gasteiger partial charge in [-0.25, -0.2) is 0 Å². The van der Waals surface area contributed by atoms with Crippen LogP contribution in [0.2, 0.25) is 5.02 Å². The first-order valence-electron chi connectivity index (χ1n) is 6.82. The second kappa shape index (κ2) is 7.13. The molecule has 1 N–H and O–H groups in total. The van der Waals surface area contributed by atoms with Crippen LogP contribution in [-0.4, -0.2) is 26.8 Å². The van der Waals surface area contributed by atoms with Gasteiger partial charge in [-0.2, -0.15) is 0 Å². The van der Waals surface area contributed by atoms with Gasteiger partial charge in [0.15, 0.2) is 0 Å². The quantitative estimate of drug-likeness (QED) is 0.900. The maximum atomic E-state index is 6.23. The van der Waals surface area contributed by atoms with Crippen LogP contribution < -0.4 is 10.1 Å². The number of hydrogen-bond acceptors (Lipinski definition) is 3. The van der Waals surface area contributed by atoms with Gasteiger partial charge in [-0.15, -0.1) is 0 Å². The number of methoxy groups -OCH3 is 2. The molecule has 0 amide bonds. The molecule has 0 aliphatic carbocycles. The van der Waals surface area contributed by atoms with E-state index < -0.39 is 0 Å². The van der Waals surface area contributed by atoms with Gasteiger partial charge in [-0.05, 0) is 49.1 Å². The molecule has 106 valence electrons. The van der Waals surface area contributed by atoms with Gasteiger partial charge in [0, 0.05) is 13.2 Å². The SMILES string of the molecule is COCc1cc(OC)c(Cl)cc1CC1CCCCN1. The van der Waals surface area contributed by atoms with Gasteiger partial charge in [0.1, 0.15) is 5.75 Å². The zero-order chi connectivity index (χ0) is 13.7. The van der Waals surface area contributed by atoms with E-state index in [1.165, 1.54) is 24.8 Å². The lowest BCUT2D eigenvalue weighted by molar-refractivity contribution is 0.183. The smallest absolute Gasteiger partial charge is 0.137 e. The molecule has 1 saturated heterocycles. The summed E-state index contributed by atoms with van der Waals surface area (Å²) in [5, 5.41) is 4.24. The highest BCUT2D eigenvalue weighted by molar-refractivity contribution is 6.32. The summed E-state index contributed by atoms with van der Waals surface area (Å²) in [5.74, 6) is 0.717. The summed E-state index contributed by atoms with van der Waals surface area (Å²) in [6.07, 6.45) is 4.82. The second-order valence-corrected chi connectivity index (χ2v) is 5.45. The Balaban J connectivity index is 2.18. The van der Waals surface area contributed by atoms with E-state index in [4.69, 9.17) is 21.1 Å². The summed E-state index contributed by atoms with van der Waals surface area (Å²) in [5.41, 5.74) is 2.42. The molecule has 2 rings (SSSR count). The highest BCUT2D eigenvalue weighted by Crippen LogP contribution is 2.30. The fourth-order valence-corrected chi connectivity index (χ4v) is 2.90. The Hall–Kier alpha value is -0.770. The first-order valence-corrected chi connectivity index (χ1v) is 7.20. The van der Waals surface area contributed by atoms with Gasteiger partial charge in [0.25, 0.3) is 0 Å².